The molecule has 0 atom stereocenters. The molecular formula is C9H12N6S. The van der Waals surface area contributed by atoms with Crippen LogP contribution in [0.5, 0.6) is 0 Å². The summed E-state index contributed by atoms with van der Waals surface area (Å²) in [6.07, 6.45) is 0. The summed E-state index contributed by atoms with van der Waals surface area (Å²) in [6, 6.07) is 3.74. The zero-order valence-electron chi connectivity index (χ0n) is 8.47. The number of nitrogens with one attached hydrogen (secondary N) is 2. The molecule has 16 heavy (non-hydrogen) atoms. The third-order valence-corrected chi connectivity index (χ3v) is 2.68. The number of nitrogens with zero attached hydrogens (tertiary/aromatic N) is 2. The fraction of sp³-hybridized carbons (Fsp3) is 0.111. The van der Waals surface area contributed by atoms with Gasteiger partial charge in [-0.25, -0.2) is 5.84 Å². The molecule has 0 bridgehead atoms. The van der Waals surface area contributed by atoms with Gasteiger partial charge in [-0.1, -0.05) is 0 Å². The van der Waals surface area contributed by atoms with Crippen LogP contribution < -0.4 is 22.3 Å². The second kappa shape index (κ2) is 4.77. The molecule has 2 heterocycles. The molecule has 0 aliphatic carbocycles. The van der Waals surface area contributed by atoms with Crippen LogP contribution in [0, 0.1) is 0 Å². The SMILES string of the molecule is NNc1cc(NCc2ccsc2)nc(N)n1. The van der Waals surface area contributed by atoms with Crippen molar-refractivity contribution in [2.75, 3.05) is 16.5 Å². The van der Waals surface area contributed by atoms with E-state index in [0.717, 1.165) is 0 Å². The monoisotopic (exact) mass is 236 g/mol. The smallest absolute Gasteiger partial charge is 0.223 e. The highest BCUT2D eigenvalue weighted by molar-refractivity contribution is 7.07. The van der Waals surface area contributed by atoms with Gasteiger partial charge in [0.2, 0.25) is 5.95 Å². The molecule has 2 rings (SSSR count). The molecule has 7 heteroatoms. The maximum atomic E-state index is 5.53. The first-order valence-corrected chi connectivity index (χ1v) is 5.58. The lowest BCUT2D eigenvalue weighted by atomic mass is 10.3. The molecule has 0 fully saturated rings. The van der Waals surface area contributed by atoms with E-state index in [4.69, 9.17) is 11.6 Å². The van der Waals surface area contributed by atoms with Crippen LogP contribution >= 0.6 is 11.3 Å². The first kappa shape index (κ1) is 10.7. The Morgan fingerprint density at radius 3 is 2.81 bits per heavy atom. The van der Waals surface area contributed by atoms with Crippen molar-refractivity contribution in [2.45, 2.75) is 6.54 Å². The van der Waals surface area contributed by atoms with Gasteiger partial charge in [-0.2, -0.15) is 21.3 Å². The highest BCUT2D eigenvalue weighted by Crippen LogP contribution is 2.13. The lowest BCUT2D eigenvalue weighted by Crippen LogP contribution is -2.11. The third-order valence-electron chi connectivity index (χ3n) is 1.95. The van der Waals surface area contributed by atoms with Crippen molar-refractivity contribution in [3.05, 3.63) is 28.5 Å². The van der Waals surface area contributed by atoms with Crippen molar-refractivity contribution in [3.63, 3.8) is 0 Å². The molecule has 0 radical (unpaired) electrons. The molecule has 0 aromatic carbocycles. The molecule has 2 aromatic rings. The molecule has 0 saturated heterocycles. The third kappa shape index (κ3) is 2.59. The molecule has 0 aliphatic rings. The zero-order chi connectivity index (χ0) is 11.4. The molecule has 0 unspecified atom stereocenters. The maximum Gasteiger partial charge on any atom is 0.223 e. The van der Waals surface area contributed by atoms with Crippen molar-refractivity contribution in [1.29, 1.82) is 0 Å². The van der Waals surface area contributed by atoms with E-state index in [1.807, 2.05) is 11.4 Å². The molecule has 6 nitrogen and oxygen atoms in total. The van der Waals surface area contributed by atoms with Gasteiger partial charge in [-0.05, 0) is 22.4 Å². The largest absolute Gasteiger partial charge is 0.368 e. The number of hydrogen-bond acceptors (Lipinski definition) is 7. The number of anilines is 3. The van der Waals surface area contributed by atoms with Gasteiger partial charge in [0, 0.05) is 12.6 Å². The minimum Gasteiger partial charge on any atom is -0.368 e. The number of aromatic nitrogens is 2. The summed E-state index contributed by atoms with van der Waals surface area (Å²) < 4.78 is 0. The van der Waals surface area contributed by atoms with Gasteiger partial charge in [0.25, 0.3) is 0 Å². The summed E-state index contributed by atoms with van der Waals surface area (Å²) in [6.45, 7) is 0.698. The van der Waals surface area contributed by atoms with E-state index < -0.39 is 0 Å². The van der Waals surface area contributed by atoms with Gasteiger partial charge in [-0.15, -0.1) is 0 Å². The van der Waals surface area contributed by atoms with E-state index in [-0.39, 0.29) is 5.95 Å². The average Bonchev–Trinajstić information content (AvgIpc) is 2.78. The number of hydrazine groups is 1. The quantitative estimate of drug-likeness (QED) is 0.467. The molecule has 2 aromatic heterocycles. The van der Waals surface area contributed by atoms with Crippen LogP contribution in [0.3, 0.4) is 0 Å². The number of hydrogen-bond donors (Lipinski definition) is 4. The van der Waals surface area contributed by atoms with Crippen LogP contribution in [0.1, 0.15) is 5.56 Å². The summed E-state index contributed by atoms with van der Waals surface area (Å²) in [5.74, 6) is 6.57. The number of nitrogens with two attached hydrogens (primary N) is 2. The predicted molar refractivity (Wildman–Crippen MR) is 65.9 cm³/mol. The van der Waals surface area contributed by atoms with Crippen LogP contribution in [0.4, 0.5) is 17.6 Å². The summed E-state index contributed by atoms with van der Waals surface area (Å²) >= 11 is 1.66. The van der Waals surface area contributed by atoms with Gasteiger partial charge >= 0.3 is 0 Å². The normalized spacial score (nSPS) is 10.1. The van der Waals surface area contributed by atoms with E-state index in [1.165, 1.54) is 5.56 Å². The lowest BCUT2D eigenvalue weighted by Gasteiger charge is -2.06. The van der Waals surface area contributed by atoms with Crippen molar-refractivity contribution < 1.29 is 0 Å². The van der Waals surface area contributed by atoms with E-state index in [9.17, 15) is 0 Å². The first-order valence-electron chi connectivity index (χ1n) is 4.64. The van der Waals surface area contributed by atoms with Gasteiger partial charge in [0.05, 0.1) is 0 Å². The van der Waals surface area contributed by atoms with E-state index in [1.54, 1.807) is 17.4 Å². The highest BCUT2D eigenvalue weighted by Gasteiger charge is 2.01. The Morgan fingerprint density at radius 2 is 2.12 bits per heavy atom. The molecule has 0 saturated carbocycles. The van der Waals surface area contributed by atoms with Crippen LogP contribution in [0.15, 0.2) is 22.9 Å². The molecular weight excluding hydrogens is 224 g/mol. The topological polar surface area (TPSA) is 102 Å². The number of nitrogen functional groups attached to an aromatic ring is 2. The number of rotatable bonds is 4. The molecule has 84 valence electrons. The minimum absolute atomic E-state index is 0.184. The van der Waals surface area contributed by atoms with Crippen LogP contribution in [-0.2, 0) is 6.54 Å². The van der Waals surface area contributed by atoms with Crippen LogP contribution in [0.25, 0.3) is 0 Å². The van der Waals surface area contributed by atoms with E-state index in [0.29, 0.717) is 18.2 Å². The average molecular weight is 236 g/mol. The van der Waals surface area contributed by atoms with Crippen molar-refractivity contribution in [1.82, 2.24) is 9.97 Å². The lowest BCUT2D eigenvalue weighted by molar-refractivity contribution is 1.09. The Morgan fingerprint density at radius 1 is 1.31 bits per heavy atom. The summed E-state index contributed by atoms with van der Waals surface area (Å²) in [5, 5.41) is 7.24. The van der Waals surface area contributed by atoms with Crippen LogP contribution in [0.2, 0.25) is 0 Å². The van der Waals surface area contributed by atoms with Crippen molar-refractivity contribution >= 4 is 28.9 Å². The van der Waals surface area contributed by atoms with Crippen LogP contribution in [-0.4, -0.2) is 9.97 Å². The van der Waals surface area contributed by atoms with Gasteiger partial charge in [-0.3, -0.25) is 0 Å². The maximum absolute atomic E-state index is 5.53. The van der Waals surface area contributed by atoms with Crippen molar-refractivity contribution in [3.8, 4) is 0 Å². The standard InChI is InChI=1S/C9H12N6S/c10-9-13-7(3-8(14-9)15-11)12-4-6-1-2-16-5-6/h1-3,5H,4,11H2,(H4,10,12,13,14,15). The number of thiophene rings is 1. The Bertz CT molecular complexity index is 455. The molecule has 0 spiro atoms. The summed E-state index contributed by atoms with van der Waals surface area (Å²) in [4.78, 5) is 7.93. The Hall–Kier alpha value is -1.86. The fourth-order valence-corrected chi connectivity index (χ4v) is 1.88. The van der Waals surface area contributed by atoms with Gasteiger partial charge in [0.1, 0.15) is 11.6 Å². The predicted octanol–water partition coefficient (Wildman–Crippen LogP) is 1.02. The first-order chi connectivity index (χ1) is 7.78. The second-order valence-electron chi connectivity index (χ2n) is 3.13. The minimum atomic E-state index is 0.184. The van der Waals surface area contributed by atoms with Gasteiger partial charge < -0.3 is 16.5 Å². The second-order valence-corrected chi connectivity index (χ2v) is 3.91. The zero-order valence-corrected chi connectivity index (χ0v) is 9.29. The molecule has 0 aliphatic heterocycles. The summed E-state index contributed by atoms with van der Waals surface area (Å²) in [7, 11) is 0. The summed E-state index contributed by atoms with van der Waals surface area (Å²) in [5.41, 5.74) is 9.16. The van der Waals surface area contributed by atoms with E-state index >= 15 is 0 Å². The molecule has 0 amide bonds. The Labute approximate surface area is 96.7 Å². The van der Waals surface area contributed by atoms with Gasteiger partial charge in [0.15, 0.2) is 0 Å². The fourth-order valence-electron chi connectivity index (χ4n) is 1.22. The Kier molecular flexibility index (Phi) is 3.18. The Balaban J connectivity index is 2.06. The van der Waals surface area contributed by atoms with E-state index in [2.05, 4.69) is 26.1 Å². The highest BCUT2D eigenvalue weighted by atomic mass is 32.1. The molecule has 6 N–H and O–H groups in total. The van der Waals surface area contributed by atoms with Crippen molar-refractivity contribution in [2.24, 2.45) is 5.84 Å².